The fourth-order valence-electron chi connectivity index (χ4n) is 1.58. The summed E-state index contributed by atoms with van der Waals surface area (Å²) in [5, 5.41) is 0. The maximum absolute atomic E-state index is 12.0. The Bertz CT molecular complexity index is 427. The fraction of sp³-hybridized carbons (Fsp3) is 0.615. The van der Waals surface area contributed by atoms with E-state index in [4.69, 9.17) is 10.5 Å². The fourth-order valence-corrected chi connectivity index (χ4v) is 1.98. The van der Waals surface area contributed by atoms with Gasteiger partial charge in [0.2, 0.25) is 0 Å². The molecule has 3 nitrogen and oxygen atoms in total. The maximum Gasteiger partial charge on any atom is 0.441 e. The molecule has 0 saturated heterocycles. The summed E-state index contributed by atoms with van der Waals surface area (Å²) in [5.41, 5.74) is 3.21. The lowest BCUT2D eigenvalue weighted by Gasteiger charge is -2.14. The van der Waals surface area contributed by atoms with Gasteiger partial charge in [0.15, 0.2) is 0 Å². The Kier molecular flexibility index (Phi) is 6.61. The number of aryl methyl sites for hydroxylation is 1. The van der Waals surface area contributed by atoms with Crippen molar-refractivity contribution < 1.29 is 17.9 Å². The van der Waals surface area contributed by atoms with Gasteiger partial charge in [0.25, 0.3) is 0 Å². The molecule has 0 amide bonds. The van der Waals surface area contributed by atoms with Crippen molar-refractivity contribution >= 4 is 11.8 Å². The second kappa shape index (κ2) is 7.73. The number of rotatable bonds is 7. The van der Waals surface area contributed by atoms with Crippen LogP contribution in [0, 0.1) is 6.92 Å². The average Bonchev–Trinajstić information content (AvgIpc) is 2.35. The highest BCUT2D eigenvalue weighted by atomic mass is 32.2. The molecule has 0 saturated carbocycles. The van der Waals surface area contributed by atoms with Crippen LogP contribution in [0.15, 0.2) is 12.1 Å². The highest BCUT2D eigenvalue weighted by Gasteiger charge is 2.27. The first-order valence-electron chi connectivity index (χ1n) is 6.37. The first kappa shape index (κ1) is 17.1. The van der Waals surface area contributed by atoms with Gasteiger partial charge in [-0.15, -0.1) is 0 Å². The molecule has 20 heavy (non-hydrogen) atoms. The predicted molar refractivity (Wildman–Crippen MR) is 75.0 cm³/mol. The van der Waals surface area contributed by atoms with Gasteiger partial charge >= 0.3 is 5.51 Å². The molecule has 1 aromatic rings. The van der Waals surface area contributed by atoms with E-state index in [1.54, 1.807) is 12.1 Å². The van der Waals surface area contributed by atoms with Gasteiger partial charge in [0.05, 0.1) is 12.3 Å². The molecule has 0 spiro atoms. The first-order chi connectivity index (χ1) is 9.31. The number of ether oxygens (including phenoxy) is 1. The van der Waals surface area contributed by atoms with Crippen molar-refractivity contribution in [3.63, 3.8) is 0 Å². The van der Waals surface area contributed by atoms with Gasteiger partial charge in [-0.05, 0) is 37.2 Å². The molecule has 1 rings (SSSR count). The van der Waals surface area contributed by atoms with Crippen LogP contribution in [0.5, 0.6) is 5.75 Å². The summed E-state index contributed by atoms with van der Waals surface area (Å²) < 4.78 is 41.4. The van der Waals surface area contributed by atoms with Crippen molar-refractivity contribution in [3.05, 3.63) is 23.5 Å². The van der Waals surface area contributed by atoms with Crippen molar-refractivity contribution in [2.24, 2.45) is 5.73 Å². The van der Waals surface area contributed by atoms with Gasteiger partial charge in [-0.1, -0.05) is 6.92 Å². The smallest absolute Gasteiger partial charge is 0.441 e. The van der Waals surface area contributed by atoms with E-state index >= 15 is 0 Å². The molecule has 0 aromatic carbocycles. The van der Waals surface area contributed by atoms with Gasteiger partial charge < -0.3 is 10.5 Å². The van der Waals surface area contributed by atoms with E-state index in [2.05, 4.69) is 4.98 Å². The number of thioether (sulfide) groups is 1. The number of hydrogen-bond donors (Lipinski definition) is 1. The summed E-state index contributed by atoms with van der Waals surface area (Å²) in [5.74, 6) is 0.374. The molecule has 0 aliphatic carbocycles. The molecule has 0 fully saturated rings. The molecular weight excluding hydrogens is 289 g/mol. The summed E-state index contributed by atoms with van der Waals surface area (Å²) >= 11 is -0.0899. The lowest BCUT2D eigenvalue weighted by molar-refractivity contribution is -0.0329. The lowest BCUT2D eigenvalue weighted by atomic mass is 10.1. The predicted octanol–water partition coefficient (Wildman–Crippen LogP) is 3.30. The Morgan fingerprint density at radius 1 is 1.40 bits per heavy atom. The number of aromatic nitrogens is 1. The molecule has 0 radical (unpaired) electrons. The standard InChI is InChI=1S/C13H19F3N2OS/c1-3-10(17)8-11-12(5-4-9(2)18-11)19-6-7-20-13(14,15)16/h4-5,10H,3,6-8,17H2,1-2H3. The van der Waals surface area contributed by atoms with Crippen molar-refractivity contribution in [2.75, 3.05) is 12.4 Å². The molecule has 7 heteroatoms. The molecular formula is C13H19F3N2OS. The van der Waals surface area contributed by atoms with Gasteiger partial charge in [-0.2, -0.15) is 13.2 Å². The minimum atomic E-state index is -4.22. The van der Waals surface area contributed by atoms with E-state index in [0.717, 1.165) is 12.1 Å². The molecule has 2 N–H and O–H groups in total. The highest BCUT2D eigenvalue weighted by molar-refractivity contribution is 8.00. The summed E-state index contributed by atoms with van der Waals surface area (Å²) in [4.78, 5) is 4.35. The van der Waals surface area contributed by atoms with Gasteiger partial charge in [-0.3, -0.25) is 4.98 Å². The Labute approximate surface area is 121 Å². The normalized spacial score (nSPS) is 13.3. The molecule has 1 aromatic heterocycles. The number of nitrogens with two attached hydrogens (primary N) is 1. The van der Waals surface area contributed by atoms with Crippen LogP contribution >= 0.6 is 11.8 Å². The summed E-state index contributed by atoms with van der Waals surface area (Å²) in [6.07, 6.45) is 1.36. The molecule has 0 aliphatic rings. The van der Waals surface area contributed by atoms with Gasteiger partial charge in [0.1, 0.15) is 5.75 Å². The Morgan fingerprint density at radius 3 is 2.70 bits per heavy atom. The highest BCUT2D eigenvalue weighted by Crippen LogP contribution is 2.30. The van der Waals surface area contributed by atoms with Gasteiger partial charge in [0, 0.05) is 23.9 Å². The number of halogens is 3. The largest absolute Gasteiger partial charge is 0.491 e. The summed E-state index contributed by atoms with van der Waals surface area (Å²) in [7, 11) is 0. The minimum absolute atomic E-state index is 0.0106. The zero-order valence-corrected chi connectivity index (χ0v) is 12.4. The average molecular weight is 308 g/mol. The molecule has 0 aliphatic heterocycles. The summed E-state index contributed by atoms with van der Waals surface area (Å²) in [6.45, 7) is 3.81. The number of pyridine rings is 1. The molecule has 1 atom stereocenters. The second-order valence-corrected chi connectivity index (χ2v) is 5.57. The van der Waals surface area contributed by atoms with Crippen LogP contribution < -0.4 is 10.5 Å². The Hall–Kier alpha value is -0.950. The maximum atomic E-state index is 12.0. The van der Waals surface area contributed by atoms with Crippen LogP contribution in [-0.2, 0) is 6.42 Å². The van der Waals surface area contributed by atoms with Crippen LogP contribution in [0.1, 0.15) is 24.7 Å². The molecule has 1 unspecified atom stereocenters. The molecule has 114 valence electrons. The van der Waals surface area contributed by atoms with Crippen molar-refractivity contribution in [1.29, 1.82) is 0 Å². The number of alkyl halides is 3. The van der Waals surface area contributed by atoms with Crippen molar-refractivity contribution in [2.45, 2.75) is 38.2 Å². The second-order valence-electron chi connectivity index (χ2n) is 4.41. The minimum Gasteiger partial charge on any atom is -0.491 e. The van der Waals surface area contributed by atoms with Crippen LogP contribution in [-0.4, -0.2) is 28.9 Å². The SMILES string of the molecule is CCC(N)Cc1nc(C)ccc1OCCSC(F)(F)F. The van der Waals surface area contributed by atoms with Gasteiger partial charge in [-0.25, -0.2) is 0 Å². The van der Waals surface area contributed by atoms with Crippen molar-refractivity contribution in [3.8, 4) is 5.75 Å². The third-order valence-corrected chi connectivity index (χ3v) is 3.36. The molecule has 1 heterocycles. The van der Waals surface area contributed by atoms with E-state index in [0.29, 0.717) is 17.9 Å². The van der Waals surface area contributed by atoms with Crippen molar-refractivity contribution in [1.82, 2.24) is 4.98 Å². The first-order valence-corrected chi connectivity index (χ1v) is 7.36. The number of nitrogens with zero attached hydrogens (tertiary/aromatic N) is 1. The summed E-state index contributed by atoms with van der Waals surface area (Å²) in [6, 6.07) is 3.47. The topological polar surface area (TPSA) is 48.1 Å². The Balaban J connectivity index is 2.60. The van der Waals surface area contributed by atoms with E-state index in [1.165, 1.54) is 0 Å². The van der Waals surface area contributed by atoms with Crippen LogP contribution in [0.3, 0.4) is 0 Å². The quantitative estimate of drug-likeness (QED) is 0.785. The number of hydrogen-bond acceptors (Lipinski definition) is 4. The third kappa shape index (κ3) is 6.47. The van der Waals surface area contributed by atoms with Crippen LogP contribution in [0.2, 0.25) is 0 Å². The van der Waals surface area contributed by atoms with E-state index in [9.17, 15) is 13.2 Å². The zero-order chi connectivity index (χ0) is 15.2. The molecule has 0 bridgehead atoms. The van der Waals surface area contributed by atoms with Crippen LogP contribution in [0.4, 0.5) is 13.2 Å². The van der Waals surface area contributed by atoms with E-state index < -0.39 is 5.51 Å². The Morgan fingerprint density at radius 2 is 2.10 bits per heavy atom. The van der Waals surface area contributed by atoms with Crippen LogP contribution in [0.25, 0.3) is 0 Å². The zero-order valence-electron chi connectivity index (χ0n) is 11.5. The monoisotopic (exact) mass is 308 g/mol. The lowest BCUT2D eigenvalue weighted by Crippen LogP contribution is -2.22. The van der Waals surface area contributed by atoms with E-state index in [-0.39, 0.29) is 30.2 Å². The third-order valence-electron chi connectivity index (χ3n) is 2.66. The van der Waals surface area contributed by atoms with E-state index in [1.807, 2.05) is 13.8 Å².